The van der Waals surface area contributed by atoms with Gasteiger partial charge in [-0.15, -0.1) is 0 Å². The average molecular weight is 372 g/mol. The Morgan fingerprint density at radius 3 is 2.78 bits per heavy atom. The predicted octanol–water partition coefficient (Wildman–Crippen LogP) is 2.66. The zero-order valence-corrected chi connectivity index (χ0v) is 15.2. The van der Waals surface area contributed by atoms with Crippen molar-refractivity contribution >= 4 is 0 Å². The van der Waals surface area contributed by atoms with Crippen LogP contribution in [-0.4, -0.2) is 37.9 Å². The van der Waals surface area contributed by atoms with Gasteiger partial charge in [-0.05, 0) is 38.1 Å². The SMILES string of the molecule is CCn1cc(C(O)c2cc(C)nn2-c2ccc(F)cc2C2OCCO2)cn1. The molecule has 142 valence electrons. The first-order chi connectivity index (χ1) is 13.1. The topological polar surface area (TPSA) is 74.3 Å². The van der Waals surface area contributed by atoms with Crippen molar-refractivity contribution in [3.05, 3.63) is 65.0 Å². The molecule has 0 aliphatic carbocycles. The molecule has 3 heterocycles. The Kier molecular flexibility index (Phi) is 4.77. The lowest BCUT2D eigenvalue weighted by atomic mass is 10.1. The number of halogens is 1. The van der Waals surface area contributed by atoms with Gasteiger partial charge in [0, 0.05) is 23.9 Å². The van der Waals surface area contributed by atoms with Crippen molar-refractivity contribution in [1.29, 1.82) is 0 Å². The lowest BCUT2D eigenvalue weighted by molar-refractivity contribution is -0.0443. The summed E-state index contributed by atoms with van der Waals surface area (Å²) >= 11 is 0. The molecule has 4 rings (SSSR count). The van der Waals surface area contributed by atoms with E-state index in [9.17, 15) is 9.50 Å². The number of benzene rings is 1. The standard InChI is InChI=1S/C19H21FN4O3/c1-3-23-11-13(10-21-23)18(25)17-8-12(2)22-24(17)16-5-4-14(20)9-15(16)19-26-6-7-27-19/h4-5,8-11,18-19,25H,3,6-7H2,1-2H3. The molecule has 3 aromatic rings. The van der Waals surface area contributed by atoms with Crippen LogP contribution in [0.25, 0.3) is 5.69 Å². The number of rotatable bonds is 5. The molecular formula is C19H21FN4O3. The van der Waals surface area contributed by atoms with Crippen LogP contribution >= 0.6 is 0 Å². The molecule has 27 heavy (non-hydrogen) atoms. The fourth-order valence-corrected chi connectivity index (χ4v) is 3.22. The van der Waals surface area contributed by atoms with E-state index in [2.05, 4.69) is 10.2 Å². The maximum atomic E-state index is 13.9. The van der Waals surface area contributed by atoms with Gasteiger partial charge in [-0.2, -0.15) is 10.2 Å². The van der Waals surface area contributed by atoms with Crippen LogP contribution in [0, 0.1) is 12.7 Å². The quantitative estimate of drug-likeness (QED) is 0.745. The van der Waals surface area contributed by atoms with Gasteiger partial charge >= 0.3 is 0 Å². The van der Waals surface area contributed by atoms with Crippen molar-refractivity contribution in [2.24, 2.45) is 0 Å². The molecule has 1 aliphatic rings. The molecule has 0 bridgehead atoms. The van der Waals surface area contributed by atoms with E-state index in [0.29, 0.717) is 42.3 Å². The van der Waals surface area contributed by atoms with Crippen molar-refractivity contribution in [3.63, 3.8) is 0 Å². The summed E-state index contributed by atoms with van der Waals surface area (Å²) in [6.45, 7) is 5.43. The monoisotopic (exact) mass is 372 g/mol. The predicted molar refractivity (Wildman–Crippen MR) is 94.9 cm³/mol. The number of hydrogen-bond donors (Lipinski definition) is 1. The highest BCUT2D eigenvalue weighted by atomic mass is 19.1. The number of aliphatic hydroxyl groups is 1. The summed E-state index contributed by atoms with van der Waals surface area (Å²) < 4.78 is 28.4. The smallest absolute Gasteiger partial charge is 0.186 e. The summed E-state index contributed by atoms with van der Waals surface area (Å²) in [6.07, 6.45) is 1.85. The van der Waals surface area contributed by atoms with Crippen LogP contribution in [0.15, 0.2) is 36.7 Å². The maximum absolute atomic E-state index is 13.9. The molecule has 0 saturated carbocycles. The molecule has 0 amide bonds. The van der Waals surface area contributed by atoms with Gasteiger partial charge in [-0.25, -0.2) is 9.07 Å². The molecule has 1 atom stereocenters. The Morgan fingerprint density at radius 1 is 1.30 bits per heavy atom. The Morgan fingerprint density at radius 2 is 2.07 bits per heavy atom. The van der Waals surface area contributed by atoms with E-state index in [-0.39, 0.29) is 5.82 Å². The van der Waals surface area contributed by atoms with Gasteiger partial charge in [0.15, 0.2) is 6.29 Å². The summed E-state index contributed by atoms with van der Waals surface area (Å²) in [7, 11) is 0. The molecule has 1 aliphatic heterocycles. The van der Waals surface area contributed by atoms with E-state index >= 15 is 0 Å². The Balaban J connectivity index is 1.79. The summed E-state index contributed by atoms with van der Waals surface area (Å²) in [5.74, 6) is -0.386. The molecule has 8 heteroatoms. The molecular weight excluding hydrogens is 351 g/mol. The van der Waals surface area contributed by atoms with Crippen LogP contribution < -0.4 is 0 Å². The van der Waals surface area contributed by atoms with Gasteiger partial charge in [0.1, 0.15) is 11.9 Å². The number of hydrogen-bond acceptors (Lipinski definition) is 5. The van der Waals surface area contributed by atoms with E-state index in [0.717, 1.165) is 5.69 Å². The highest BCUT2D eigenvalue weighted by Crippen LogP contribution is 2.32. The summed E-state index contributed by atoms with van der Waals surface area (Å²) in [4.78, 5) is 0. The Labute approximate surface area is 155 Å². The fraction of sp³-hybridized carbons (Fsp3) is 0.368. The summed E-state index contributed by atoms with van der Waals surface area (Å²) in [5, 5.41) is 19.6. The van der Waals surface area contributed by atoms with Crippen molar-refractivity contribution < 1.29 is 19.0 Å². The Bertz CT molecular complexity index is 946. The largest absolute Gasteiger partial charge is 0.382 e. The highest BCUT2D eigenvalue weighted by molar-refractivity contribution is 5.44. The van der Waals surface area contributed by atoms with Gasteiger partial charge in [0.2, 0.25) is 0 Å². The number of nitrogens with zero attached hydrogens (tertiary/aromatic N) is 4. The Hall–Kier alpha value is -2.55. The number of aromatic nitrogens is 4. The first-order valence-corrected chi connectivity index (χ1v) is 8.87. The first-order valence-electron chi connectivity index (χ1n) is 8.87. The summed E-state index contributed by atoms with van der Waals surface area (Å²) in [5.41, 5.74) is 3.10. The van der Waals surface area contributed by atoms with Crippen molar-refractivity contribution in [2.75, 3.05) is 13.2 Å². The maximum Gasteiger partial charge on any atom is 0.186 e. The summed E-state index contributed by atoms with van der Waals surface area (Å²) in [6, 6.07) is 6.16. The third-order valence-corrected chi connectivity index (χ3v) is 4.53. The molecule has 0 radical (unpaired) electrons. The van der Waals surface area contributed by atoms with Crippen LogP contribution in [0.1, 0.15) is 41.8 Å². The first kappa shape index (κ1) is 17.8. The second-order valence-corrected chi connectivity index (χ2v) is 6.43. The molecule has 2 aromatic heterocycles. The number of aliphatic hydroxyl groups excluding tert-OH is 1. The zero-order chi connectivity index (χ0) is 19.0. The van der Waals surface area contributed by atoms with Gasteiger partial charge in [0.05, 0.1) is 36.5 Å². The van der Waals surface area contributed by atoms with E-state index < -0.39 is 12.4 Å². The second-order valence-electron chi connectivity index (χ2n) is 6.43. The molecule has 1 unspecified atom stereocenters. The van der Waals surface area contributed by atoms with Crippen LogP contribution in [-0.2, 0) is 16.0 Å². The van der Waals surface area contributed by atoms with E-state index in [1.54, 1.807) is 33.9 Å². The number of aryl methyl sites for hydroxylation is 2. The van der Waals surface area contributed by atoms with Crippen LogP contribution in [0.3, 0.4) is 0 Å². The molecule has 1 saturated heterocycles. The number of ether oxygens (including phenoxy) is 2. The minimum atomic E-state index is -0.921. The lowest BCUT2D eigenvalue weighted by Crippen LogP contribution is -2.12. The van der Waals surface area contributed by atoms with Crippen molar-refractivity contribution in [2.45, 2.75) is 32.8 Å². The third-order valence-electron chi connectivity index (χ3n) is 4.53. The van der Waals surface area contributed by atoms with Gasteiger partial charge in [0.25, 0.3) is 0 Å². The van der Waals surface area contributed by atoms with Crippen LogP contribution in [0.4, 0.5) is 4.39 Å². The van der Waals surface area contributed by atoms with Crippen molar-refractivity contribution in [1.82, 2.24) is 19.6 Å². The van der Waals surface area contributed by atoms with Gasteiger partial charge in [-0.3, -0.25) is 4.68 Å². The van der Waals surface area contributed by atoms with Crippen molar-refractivity contribution in [3.8, 4) is 5.69 Å². The fourth-order valence-electron chi connectivity index (χ4n) is 3.22. The average Bonchev–Trinajstić information content (AvgIpc) is 3.41. The lowest BCUT2D eigenvalue weighted by Gasteiger charge is -2.18. The molecule has 0 spiro atoms. The van der Waals surface area contributed by atoms with Gasteiger partial charge in [-0.1, -0.05) is 0 Å². The third kappa shape index (κ3) is 3.39. The van der Waals surface area contributed by atoms with E-state index in [4.69, 9.17) is 9.47 Å². The van der Waals surface area contributed by atoms with E-state index in [1.807, 2.05) is 13.8 Å². The van der Waals surface area contributed by atoms with Crippen LogP contribution in [0.5, 0.6) is 0 Å². The molecule has 7 nitrogen and oxygen atoms in total. The molecule has 1 N–H and O–H groups in total. The minimum absolute atomic E-state index is 0.386. The van der Waals surface area contributed by atoms with Gasteiger partial charge < -0.3 is 14.6 Å². The molecule has 1 aromatic carbocycles. The second kappa shape index (κ2) is 7.22. The van der Waals surface area contributed by atoms with Crippen LogP contribution in [0.2, 0.25) is 0 Å². The zero-order valence-electron chi connectivity index (χ0n) is 15.2. The molecule has 1 fully saturated rings. The normalized spacial score (nSPS) is 16.1. The minimum Gasteiger partial charge on any atom is -0.382 e. The highest BCUT2D eigenvalue weighted by Gasteiger charge is 2.26. The van der Waals surface area contributed by atoms with E-state index in [1.165, 1.54) is 12.1 Å².